The van der Waals surface area contributed by atoms with Gasteiger partial charge in [-0.1, -0.05) is 36.8 Å². The number of nitrogens with two attached hydrogens (primary N) is 1. The molecule has 11 heteroatoms. The van der Waals surface area contributed by atoms with Gasteiger partial charge in [0.2, 0.25) is 0 Å². The Morgan fingerprint density at radius 2 is 1.92 bits per heavy atom. The lowest BCUT2D eigenvalue weighted by Crippen LogP contribution is -2.48. The van der Waals surface area contributed by atoms with Gasteiger partial charge in [-0.15, -0.1) is 0 Å². The largest absolute Gasteiger partial charge is 0.478 e. The molecular weight excluding hydrogens is 646 g/mol. The van der Waals surface area contributed by atoms with E-state index in [1.165, 1.54) is 17.2 Å². The van der Waals surface area contributed by atoms with Crippen molar-refractivity contribution in [3.63, 3.8) is 0 Å². The number of aromatic nitrogens is 1. The maximum Gasteiger partial charge on any atom is 0.328 e. The van der Waals surface area contributed by atoms with Crippen molar-refractivity contribution in [3.05, 3.63) is 77.0 Å². The maximum absolute atomic E-state index is 12.3. The van der Waals surface area contributed by atoms with Gasteiger partial charge in [-0.05, 0) is 121 Å². The van der Waals surface area contributed by atoms with E-state index in [1.54, 1.807) is 0 Å². The van der Waals surface area contributed by atoms with Crippen LogP contribution in [0, 0.1) is 11.8 Å². The third kappa shape index (κ3) is 10.5. The molecule has 3 aromatic rings. The maximum atomic E-state index is 12.3. The average Bonchev–Trinajstić information content (AvgIpc) is 3.63. The van der Waals surface area contributed by atoms with E-state index in [1.807, 2.05) is 24.4 Å². The van der Waals surface area contributed by atoms with E-state index in [9.17, 15) is 24.6 Å². The number of hydrogen-bond acceptors (Lipinski definition) is 9. The van der Waals surface area contributed by atoms with Crippen LogP contribution in [0.4, 0.5) is 5.82 Å². The number of carboxylic acid groups (broad SMARTS) is 1. The fourth-order valence-corrected chi connectivity index (χ4v) is 8.06. The van der Waals surface area contributed by atoms with Gasteiger partial charge >= 0.3 is 5.97 Å². The first kappa shape index (κ1) is 37.8. The van der Waals surface area contributed by atoms with Gasteiger partial charge < -0.3 is 46.3 Å². The minimum absolute atomic E-state index is 0.0546. The van der Waals surface area contributed by atoms with Crippen molar-refractivity contribution in [2.75, 3.05) is 18.5 Å². The summed E-state index contributed by atoms with van der Waals surface area (Å²) in [5, 5.41) is 39.2. The van der Waals surface area contributed by atoms with Crippen molar-refractivity contribution in [1.82, 2.24) is 10.3 Å². The van der Waals surface area contributed by atoms with Crippen molar-refractivity contribution in [2.24, 2.45) is 22.6 Å². The van der Waals surface area contributed by atoms with Crippen molar-refractivity contribution in [2.45, 2.75) is 101 Å². The van der Waals surface area contributed by atoms with E-state index in [4.69, 9.17) is 10.8 Å². The number of fused-ring (bicyclic) bond motifs is 2. The number of benzene rings is 2. The Labute approximate surface area is 299 Å². The summed E-state index contributed by atoms with van der Waals surface area (Å²) in [4.78, 5) is 42.6. The van der Waals surface area contributed by atoms with Gasteiger partial charge in [0.05, 0.1) is 18.2 Å². The zero-order valence-electron chi connectivity index (χ0n) is 29.3. The Morgan fingerprint density at radius 1 is 1.06 bits per heavy atom. The van der Waals surface area contributed by atoms with E-state index >= 15 is 0 Å². The van der Waals surface area contributed by atoms with Crippen LogP contribution in [0.15, 0.2) is 65.3 Å². The molecule has 0 fully saturated rings. The summed E-state index contributed by atoms with van der Waals surface area (Å²) in [7, 11) is 0. The molecule has 2 aromatic carbocycles. The number of rotatable bonds is 20. The Kier molecular flexibility index (Phi) is 13.8. The number of aliphatic imine (C=N–C) groups is 1. The second-order valence-corrected chi connectivity index (χ2v) is 14.2. The standard InChI is InChI=1S/C40H53N5O6/c41-40-43-17-14-36(45-40)35(24-39(50)51)37(44-38-7-2-16-42-38)23-30-12-11-29-21-28-10-8-26(15-19-47)20-31(28)22-34(29)33(30)6-1-5-32(49)13-9-27(25-48)4-3-18-46/h2,7-8,10,16,19-22,24-25,27,30,32-33,36-37,42,44,46,49H,1,3-6,9,11-15,17-18,23H2,(H,50,51)(H3,41,43,45)/b35-24+/t27-,30-,32+,33-,36-,37+/m1/s1. The summed E-state index contributed by atoms with van der Waals surface area (Å²) in [6, 6.07) is 14.0. The van der Waals surface area contributed by atoms with Crippen LogP contribution in [0.1, 0.15) is 86.8 Å². The molecule has 1 aromatic heterocycles. The Balaban J connectivity index is 1.43. The molecule has 0 saturated carbocycles. The lowest BCUT2D eigenvalue weighted by Gasteiger charge is -2.39. The number of guanidine groups is 1. The Hall–Kier alpha value is -4.48. The number of H-pyrrole nitrogens is 1. The van der Waals surface area contributed by atoms with E-state index in [0.717, 1.165) is 66.0 Å². The first-order valence-corrected chi connectivity index (χ1v) is 18.4. The van der Waals surface area contributed by atoms with Crippen molar-refractivity contribution >= 4 is 41.1 Å². The van der Waals surface area contributed by atoms with Gasteiger partial charge in [0, 0.05) is 37.8 Å². The summed E-state index contributed by atoms with van der Waals surface area (Å²) >= 11 is 0. The van der Waals surface area contributed by atoms with Crippen LogP contribution in [-0.4, -0.2) is 76.1 Å². The molecule has 2 aliphatic rings. The lowest BCUT2D eigenvalue weighted by molar-refractivity contribution is -0.131. The first-order valence-electron chi connectivity index (χ1n) is 18.4. The molecule has 0 unspecified atom stereocenters. The molecule has 2 heterocycles. The number of nitrogens with one attached hydrogen (secondary N) is 3. The predicted octanol–water partition coefficient (Wildman–Crippen LogP) is 5.01. The van der Waals surface area contributed by atoms with Crippen LogP contribution in [0.2, 0.25) is 0 Å². The average molecular weight is 700 g/mol. The normalized spacial score (nSPS) is 20.8. The summed E-state index contributed by atoms with van der Waals surface area (Å²) < 4.78 is 0. The molecular formula is C40H53N5O6. The molecule has 11 nitrogen and oxygen atoms in total. The minimum atomic E-state index is -1.02. The van der Waals surface area contributed by atoms with Crippen LogP contribution in [-0.2, 0) is 27.2 Å². The highest BCUT2D eigenvalue weighted by atomic mass is 16.4. The van der Waals surface area contributed by atoms with Crippen LogP contribution in [0.5, 0.6) is 0 Å². The molecule has 5 rings (SSSR count). The Bertz CT molecular complexity index is 1670. The smallest absolute Gasteiger partial charge is 0.328 e. The van der Waals surface area contributed by atoms with Gasteiger partial charge in [0.25, 0.3) is 0 Å². The van der Waals surface area contributed by atoms with Crippen LogP contribution in [0.3, 0.4) is 0 Å². The highest BCUT2D eigenvalue weighted by Gasteiger charge is 2.35. The predicted molar refractivity (Wildman–Crippen MR) is 200 cm³/mol. The molecule has 6 atom stereocenters. The number of aliphatic hydroxyl groups is 2. The third-order valence-corrected chi connectivity index (χ3v) is 10.7. The van der Waals surface area contributed by atoms with E-state index < -0.39 is 12.1 Å². The topological polar surface area (TPSA) is 190 Å². The number of anilines is 1. The summed E-state index contributed by atoms with van der Waals surface area (Å²) in [5.74, 6) is 0.274. The third-order valence-electron chi connectivity index (χ3n) is 10.7. The number of aromatic amines is 1. The Morgan fingerprint density at radius 3 is 2.65 bits per heavy atom. The molecule has 1 aliphatic heterocycles. The van der Waals surface area contributed by atoms with Crippen LogP contribution >= 0.6 is 0 Å². The molecule has 0 spiro atoms. The summed E-state index contributed by atoms with van der Waals surface area (Å²) in [6.45, 7) is 0.560. The summed E-state index contributed by atoms with van der Waals surface area (Å²) in [6.07, 6.45) is 12.5. The second kappa shape index (κ2) is 18.7. The quantitative estimate of drug-likeness (QED) is 0.0628. The highest BCUT2D eigenvalue weighted by Crippen LogP contribution is 2.44. The fraction of sp³-hybridized carbons (Fsp3) is 0.500. The van der Waals surface area contributed by atoms with Crippen LogP contribution < -0.4 is 16.4 Å². The fourth-order valence-electron chi connectivity index (χ4n) is 8.06. The molecule has 1 aliphatic carbocycles. The van der Waals surface area contributed by atoms with Crippen LogP contribution in [0.25, 0.3) is 10.8 Å². The second-order valence-electron chi connectivity index (χ2n) is 14.2. The lowest BCUT2D eigenvalue weighted by atomic mass is 9.69. The van der Waals surface area contributed by atoms with Gasteiger partial charge in [-0.25, -0.2) is 4.79 Å². The van der Waals surface area contributed by atoms with Crippen molar-refractivity contribution < 1.29 is 29.7 Å². The molecule has 8 N–H and O–H groups in total. The molecule has 51 heavy (non-hydrogen) atoms. The number of carboxylic acids is 1. The van der Waals surface area contributed by atoms with E-state index in [2.05, 4.69) is 44.9 Å². The number of aryl methyl sites for hydroxylation is 1. The molecule has 0 amide bonds. The molecule has 0 radical (unpaired) electrons. The molecule has 0 saturated heterocycles. The zero-order chi connectivity index (χ0) is 36.2. The number of aliphatic hydroxyl groups excluding tert-OH is 2. The minimum Gasteiger partial charge on any atom is -0.478 e. The van der Waals surface area contributed by atoms with Crippen molar-refractivity contribution in [3.8, 4) is 0 Å². The highest BCUT2D eigenvalue weighted by molar-refractivity contribution is 5.86. The summed E-state index contributed by atoms with van der Waals surface area (Å²) in [5.41, 5.74) is 10.4. The number of nitrogens with zero attached hydrogens (tertiary/aromatic N) is 1. The molecule has 274 valence electrons. The zero-order valence-corrected chi connectivity index (χ0v) is 29.3. The number of hydrogen-bond donors (Lipinski definition) is 7. The first-order chi connectivity index (χ1) is 24.8. The monoisotopic (exact) mass is 699 g/mol. The number of carbonyl (C=O) groups is 3. The van der Waals surface area contributed by atoms with E-state index in [-0.39, 0.29) is 36.4 Å². The van der Waals surface area contributed by atoms with Gasteiger partial charge in [0.1, 0.15) is 18.4 Å². The van der Waals surface area contributed by atoms with Gasteiger partial charge in [0.15, 0.2) is 5.96 Å². The van der Waals surface area contributed by atoms with Gasteiger partial charge in [-0.3, -0.25) is 4.99 Å². The van der Waals surface area contributed by atoms with Crippen molar-refractivity contribution in [1.29, 1.82) is 0 Å². The number of aldehydes is 2. The number of aliphatic carboxylic acids is 1. The molecule has 0 bridgehead atoms. The van der Waals surface area contributed by atoms with Gasteiger partial charge in [-0.2, -0.15) is 0 Å². The number of carbonyl (C=O) groups excluding carboxylic acids is 2. The van der Waals surface area contributed by atoms with E-state index in [0.29, 0.717) is 63.9 Å². The SMILES string of the molecule is NC1=NCC[C@H](/C(=C\C(=O)O)[C@H](C[C@H]2CCc3cc4ccc(CC=O)cc4cc3[C@@H]2CCC[C@H](O)CC[C@H](C=O)CCCO)Nc2ccc[nH]2)N1.